The minimum absolute atomic E-state index is 0. The Labute approximate surface area is 218 Å². The van der Waals surface area contributed by atoms with Crippen molar-refractivity contribution in [3.63, 3.8) is 0 Å². The fourth-order valence-corrected chi connectivity index (χ4v) is 4.41. The van der Waals surface area contributed by atoms with Crippen LogP contribution in [0.15, 0.2) is 66.7 Å². The second-order valence-corrected chi connectivity index (χ2v) is 8.34. The Morgan fingerprint density at radius 2 is 1.61 bits per heavy atom. The van der Waals surface area contributed by atoms with Crippen molar-refractivity contribution in [1.82, 2.24) is 0 Å². The number of rotatable bonds is 8. The Morgan fingerprint density at radius 1 is 0.944 bits per heavy atom. The maximum absolute atomic E-state index is 12.7. The number of hydrogen-bond acceptors (Lipinski definition) is 6. The SMILES string of the molecule is COc1cc(C(=O)OCC[NH+]2CCOC(c3ccccc3)c3ccccc3C2)cc(OC)c1OC.[Cl-]. The van der Waals surface area contributed by atoms with E-state index in [4.69, 9.17) is 23.7 Å². The number of ether oxygens (including phenoxy) is 5. The summed E-state index contributed by atoms with van der Waals surface area (Å²) >= 11 is 0. The van der Waals surface area contributed by atoms with Gasteiger partial charge in [-0.05, 0) is 23.3 Å². The van der Waals surface area contributed by atoms with Crippen LogP contribution in [0.3, 0.4) is 0 Å². The predicted molar refractivity (Wildman–Crippen MR) is 131 cm³/mol. The molecule has 0 saturated heterocycles. The van der Waals surface area contributed by atoms with E-state index in [1.165, 1.54) is 37.4 Å². The molecule has 0 spiro atoms. The Bertz CT molecular complexity index is 1110. The van der Waals surface area contributed by atoms with Gasteiger partial charge in [0.1, 0.15) is 32.3 Å². The maximum Gasteiger partial charge on any atom is 0.338 e. The van der Waals surface area contributed by atoms with E-state index >= 15 is 0 Å². The van der Waals surface area contributed by atoms with E-state index < -0.39 is 5.97 Å². The van der Waals surface area contributed by atoms with E-state index in [0.29, 0.717) is 36.0 Å². The molecule has 0 amide bonds. The largest absolute Gasteiger partial charge is 1.00 e. The number of methoxy groups -OCH3 is 3. The lowest BCUT2D eigenvalue weighted by Crippen LogP contribution is -3.12. The van der Waals surface area contributed by atoms with E-state index in [-0.39, 0.29) is 25.1 Å². The monoisotopic (exact) mass is 513 g/mol. The number of nitrogens with one attached hydrogen (secondary N) is 1. The Kier molecular flexibility index (Phi) is 9.99. The third-order valence-electron chi connectivity index (χ3n) is 6.21. The molecule has 192 valence electrons. The molecule has 1 aliphatic heterocycles. The van der Waals surface area contributed by atoms with Gasteiger partial charge in [0.2, 0.25) is 5.75 Å². The van der Waals surface area contributed by atoms with Crippen molar-refractivity contribution in [2.75, 3.05) is 47.6 Å². The zero-order valence-corrected chi connectivity index (χ0v) is 21.5. The van der Waals surface area contributed by atoms with Crippen LogP contribution >= 0.6 is 0 Å². The average Bonchev–Trinajstić information content (AvgIpc) is 2.89. The van der Waals surface area contributed by atoms with Crippen LogP contribution in [0.4, 0.5) is 0 Å². The first-order valence-electron chi connectivity index (χ1n) is 11.7. The molecular formula is C28H32ClNO6. The second kappa shape index (κ2) is 13.2. The molecule has 36 heavy (non-hydrogen) atoms. The molecule has 1 heterocycles. The third-order valence-corrected chi connectivity index (χ3v) is 6.21. The number of quaternary nitrogens is 1. The summed E-state index contributed by atoms with van der Waals surface area (Å²) in [4.78, 5) is 14.0. The van der Waals surface area contributed by atoms with Crippen LogP contribution in [-0.2, 0) is 16.0 Å². The van der Waals surface area contributed by atoms with Crippen molar-refractivity contribution in [1.29, 1.82) is 0 Å². The highest BCUT2D eigenvalue weighted by molar-refractivity contribution is 5.91. The summed E-state index contributed by atoms with van der Waals surface area (Å²) in [6.07, 6.45) is -0.0770. The van der Waals surface area contributed by atoms with Crippen molar-refractivity contribution >= 4 is 5.97 Å². The van der Waals surface area contributed by atoms with Crippen LogP contribution in [0.1, 0.15) is 33.2 Å². The van der Waals surface area contributed by atoms with E-state index in [1.54, 1.807) is 12.1 Å². The van der Waals surface area contributed by atoms with Crippen LogP contribution in [0.2, 0.25) is 0 Å². The van der Waals surface area contributed by atoms with Crippen LogP contribution in [0.25, 0.3) is 0 Å². The number of carbonyl (C=O) groups excluding carboxylic acids is 1. The van der Waals surface area contributed by atoms with Crippen molar-refractivity contribution in [3.05, 3.63) is 89.0 Å². The zero-order chi connectivity index (χ0) is 24.6. The predicted octanol–water partition coefficient (Wildman–Crippen LogP) is 0.0779. The van der Waals surface area contributed by atoms with Crippen molar-refractivity contribution in [2.45, 2.75) is 12.6 Å². The average molecular weight is 514 g/mol. The lowest BCUT2D eigenvalue weighted by Gasteiger charge is -2.28. The number of carbonyl (C=O) groups is 1. The normalized spacial score (nSPS) is 17.0. The van der Waals surface area contributed by atoms with E-state index in [9.17, 15) is 4.79 Å². The van der Waals surface area contributed by atoms with Crippen molar-refractivity contribution < 1.29 is 45.8 Å². The van der Waals surface area contributed by atoms with E-state index in [2.05, 4.69) is 36.4 Å². The summed E-state index contributed by atoms with van der Waals surface area (Å²) in [7, 11) is 4.55. The highest BCUT2D eigenvalue weighted by Crippen LogP contribution is 2.38. The molecule has 3 aromatic carbocycles. The first-order valence-corrected chi connectivity index (χ1v) is 11.7. The fourth-order valence-electron chi connectivity index (χ4n) is 4.41. The molecule has 0 aromatic heterocycles. The van der Waals surface area contributed by atoms with Crippen LogP contribution in [0, 0.1) is 0 Å². The first-order chi connectivity index (χ1) is 17.1. The summed E-state index contributed by atoms with van der Waals surface area (Å²) < 4.78 is 27.9. The lowest BCUT2D eigenvalue weighted by molar-refractivity contribution is -0.915. The molecule has 1 aliphatic rings. The Balaban J connectivity index is 0.00000361. The van der Waals surface area contributed by atoms with Gasteiger partial charge in [-0.3, -0.25) is 0 Å². The summed E-state index contributed by atoms with van der Waals surface area (Å²) in [5.41, 5.74) is 3.93. The summed E-state index contributed by atoms with van der Waals surface area (Å²) in [6, 6.07) is 21.9. The molecule has 0 bridgehead atoms. The Hall–Kier alpha value is -3.26. The van der Waals surface area contributed by atoms with Gasteiger partial charge in [-0.2, -0.15) is 0 Å². The molecule has 8 heteroatoms. The van der Waals surface area contributed by atoms with Gasteiger partial charge in [0.05, 0.1) is 33.5 Å². The van der Waals surface area contributed by atoms with Crippen molar-refractivity contribution in [2.24, 2.45) is 0 Å². The van der Waals surface area contributed by atoms with Crippen LogP contribution < -0.4 is 31.5 Å². The molecule has 7 nitrogen and oxygen atoms in total. The highest BCUT2D eigenvalue weighted by atomic mass is 35.5. The smallest absolute Gasteiger partial charge is 0.338 e. The molecule has 0 fully saturated rings. The van der Waals surface area contributed by atoms with Gasteiger partial charge in [0.25, 0.3) is 0 Å². The number of hydrogen-bond donors (Lipinski definition) is 1. The summed E-state index contributed by atoms with van der Waals surface area (Å²) in [6.45, 7) is 3.23. The first kappa shape index (κ1) is 27.3. The van der Waals surface area contributed by atoms with Gasteiger partial charge in [-0.25, -0.2) is 4.79 Å². The van der Waals surface area contributed by atoms with Gasteiger partial charge in [-0.1, -0.05) is 54.6 Å². The quantitative estimate of drug-likeness (QED) is 0.430. The number of benzene rings is 3. The van der Waals surface area contributed by atoms with E-state index in [1.807, 2.05) is 18.2 Å². The molecule has 2 atom stereocenters. The van der Waals surface area contributed by atoms with Gasteiger partial charge in [-0.15, -0.1) is 0 Å². The molecule has 3 aromatic rings. The minimum atomic E-state index is -0.434. The van der Waals surface area contributed by atoms with Crippen molar-refractivity contribution in [3.8, 4) is 17.2 Å². The second-order valence-electron chi connectivity index (χ2n) is 8.34. The van der Waals surface area contributed by atoms with Crippen LogP contribution in [-0.4, -0.2) is 53.6 Å². The third kappa shape index (κ3) is 6.29. The number of esters is 1. The molecular weight excluding hydrogens is 482 g/mol. The molecule has 0 radical (unpaired) electrons. The minimum Gasteiger partial charge on any atom is -1.00 e. The molecule has 4 rings (SSSR count). The molecule has 0 aliphatic carbocycles. The topological polar surface area (TPSA) is 67.7 Å². The van der Waals surface area contributed by atoms with Gasteiger partial charge >= 0.3 is 5.97 Å². The summed E-state index contributed by atoms with van der Waals surface area (Å²) in [5, 5.41) is 0. The molecule has 2 unspecified atom stereocenters. The molecule has 0 saturated carbocycles. The number of fused-ring (bicyclic) bond motifs is 1. The van der Waals surface area contributed by atoms with Gasteiger partial charge in [0.15, 0.2) is 11.5 Å². The van der Waals surface area contributed by atoms with Gasteiger partial charge < -0.3 is 41.0 Å². The Morgan fingerprint density at radius 3 is 2.28 bits per heavy atom. The van der Waals surface area contributed by atoms with Gasteiger partial charge in [0, 0.05) is 5.56 Å². The maximum atomic E-state index is 12.7. The zero-order valence-electron chi connectivity index (χ0n) is 20.8. The standard InChI is InChI=1S/C28H31NO6.ClH/c1-31-24-17-22(18-25(32-2)27(24)33-3)28(30)35-16-14-29-13-15-34-26(20-9-5-4-6-10-20)23-12-8-7-11-21(23)19-29;/h4-12,17-18,26H,13-16,19H2,1-3H3;1H. The lowest BCUT2D eigenvalue weighted by atomic mass is 9.95. The molecule has 1 N–H and O–H groups in total. The highest BCUT2D eigenvalue weighted by Gasteiger charge is 2.24. The van der Waals surface area contributed by atoms with E-state index in [0.717, 1.165) is 18.7 Å². The summed E-state index contributed by atoms with van der Waals surface area (Å²) in [5.74, 6) is 0.824. The van der Waals surface area contributed by atoms with Crippen LogP contribution in [0.5, 0.6) is 17.2 Å². The number of halogens is 1. The fraction of sp³-hybridized carbons (Fsp3) is 0.321.